The summed E-state index contributed by atoms with van der Waals surface area (Å²) in [6.45, 7) is 6.34. The highest BCUT2D eigenvalue weighted by Crippen LogP contribution is 2.13. The van der Waals surface area contributed by atoms with Gasteiger partial charge in [-0.15, -0.1) is 0 Å². The van der Waals surface area contributed by atoms with E-state index in [9.17, 15) is 14.4 Å². The van der Waals surface area contributed by atoms with Crippen molar-refractivity contribution in [3.05, 3.63) is 122 Å². The van der Waals surface area contributed by atoms with E-state index in [0.717, 1.165) is 116 Å². The van der Waals surface area contributed by atoms with Gasteiger partial charge < -0.3 is 14.2 Å². The Labute approximate surface area is 424 Å². The number of hydrogen-bond acceptors (Lipinski definition) is 6. The Bertz CT molecular complexity index is 1470. The van der Waals surface area contributed by atoms with Crippen LogP contribution in [-0.2, 0) is 28.6 Å². The molecule has 6 heteroatoms. The Hall–Kier alpha value is -4.19. The number of carbonyl (C=O) groups is 3. The minimum atomic E-state index is -0.845. The number of esters is 3. The van der Waals surface area contributed by atoms with Crippen molar-refractivity contribution >= 4 is 17.9 Å². The molecule has 0 aliphatic heterocycles. The minimum Gasteiger partial charge on any atom is -0.462 e. The van der Waals surface area contributed by atoms with E-state index in [1.54, 1.807) is 6.08 Å². The molecule has 6 nitrogen and oxygen atoms in total. The van der Waals surface area contributed by atoms with Crippen molar-refractivity contribution in [3.63, 3.8) is 0 Å². The lowest BCUT2D eigenvalue weighted by atomic mass is 10.1. The fraction of sp³-hybridized carbons (Fsp3) is 0.635. The van der Waals surface area contributed by atoms with E-state index in [4.69, 9.17) is 14.2 Å². The van der Waals surface area contributed by atoms with Gasteiger partial charge in [-0.05, 0) is 109 Å². The summed E-state index contributed by atoms with van der Waals surface area (Å²) in [6, 6.07) is 0. The van der Waals surface area contributed by atoms with E-state index >= 15 is 0 Å². The Kier molecular flexibility index (Phi) is 53.0. The smallest absolute Gasteiger partial charge is 0.310 e. The van der Waals surface area contributed by atoms with Gasteiger partial charge in [0.2, 0.25) is 0 Å². The fourth-order valence-electron chi connectivity index (χ4n) is 7.27. The van der Waals surface area contributed by atoms with Crippen LogP contribution in [0.2, 0.25) is 0 Å². The molecule has 0 amide bonds. The molecule has 0 aliphatic rings. The third kappa shape index (κ3) is 54.6. The number of hydrogen-bond donors (Lipinski definition) is 0. The van der Waals surface area contributed by atoms with Crippen molar-refractivity contribution < 1.29 is 28.6 Å². The zero-order valence-electron chi connectivity index (χ0n) is 44.5. The van der Waals surface area contributed by atoms with Crippen LogP contribution in [-0.4, -0.2) is 37.2 Å². The molecule has 0 N–H and O–H groups in total. The molecule has 0 heterocycles. The van der Waals surface area contributed by atoms with E-state index in [0.29, 0.717) is 19.3 Å². The first-order chi connectivity index (χ1) is 34.0. The normalized spacial score (nSPS) is 13.0. The standard InChI is InChI=1S/C63H102O6/c1-4-7-10-13-16-19-22-25-27-28-29-30-31-32-33-34-36-38-41-44-47-50-53-56-62(65)68-59-60(58-67-61(64)55-52-49-46-43-40-37-24-21-18-15-12-9-6-3)69-63(66)57-54-51-48-45-42-39-35-26-23-20-17-14-11-8-5-2/h8,11-12,15,17,20-22,24-26,28-29,31-32,35,42,45,51,54,60H,4-7,9-10,13-14,16,18-19,23,27,30,33-34,36-41,43-44,46-50,52-53,55-59H2,1-3H3/b11-8-,15-12-,20-17-,24-21-,25-22-,29-28-,32-31-,35-26-,45-42-,54-51-. The van der Waals surface area contributed by atoms with E-state index in [1.807, 2.05) is 6.08 Å². The zero-order chi connectivity index (χ0) is 50.0. The SMILES string of the molecule is CC/C=C\C/C=C\C/C=C\C/C=C\C/C=C\CC(=O)OC(COC(=O)CCCCCCC/C=C\C/C=C\CCC)COC(=O)CCCCCCCCCC/C=C\C/C=C\C/C=C\CCCCCCC. The summed E-state index contributed by atoms with van der Waals surface area (Å²) in [4.78, 5) is 38.0. The van der Waals surface area contributed by atoms with Crippen molar-refractivity contribution in [1.82, 2.24) is 0 Å². The number of unbranched alkanes of at least 4 members (excludes halogenated alkanes) is 19. The van der Waals surface area contributed by atoms with Gasteiger partial charge in [0.15, 0.2) is 6.10 Å². The Morgan fingerprint density at radius 2 is 0.638 bits per heavy atom. The fourth-order valence-corrected chi connectivity index (χ4v) is 7.27. The number of rotatable bonds is 49. The van der Waals surface area contributed by atoms with Crippen LogP contribution in [0.1, 0.15) is 239 Å². The molecule has 0 rings (SSSR count). The summed E-state index contributed by atoms with van der Waals surface area (Å²) in [5, 5.41) is 0. The van der Waals surface area contributed by atoms with Gasteiger partial charge in [0.25, 0.3) is 0 Å². The van der Waals surface area contributed by atoms with Crippen LogP contribution < -0.4 is 0 Å². The number of allylic oxidation sites excluding steroid dienone is 19. The Morgan fingerprint density at radius 3 is 1.01 bits per heavy atom. The molecular formula is C63H102O6. The highest BCUT2D eigenvalue weighted by molar-refractivity contribution is 5.72. The quantitative estimate of drug-likeness (QED) is 0.0262. The van der Waals surface area contributed by atoms with Gasteiger partial charge in [0.1, 0.15) is 13.2 Å². The predicted octanol–water partition coefficient (Wildman–Crippen LogP) is 18.9. The maximum absolute atomic E-state index is 12.8. The van der Waals surface area contributed by atoms with E-state index < -0.39 is 12.1 Å². The molecule has 0 saturated carbocycles. The van der Waals surface area contributed by atoms with Crippen LogP contribution >= 0.6 is 0 Å². The third-order valence-electron chi connectivity index (χ3n) is 11.4. The molecule has 390 valence electrons. The second-order valence-corrected chi connectivity index (χ2v) is 18.1. The predicted molar refractivity (Wildman–Crippen MR) is 297 cm³/mol. The molecule has 0 aromatic rings. The summed E-state index contributed by atoms with van der Waals surface area (Å²) < 4.78 is 16.7. The molecule has 0 aromatic carbocycles. The van der Waals surface area contributed by atoms with Gasteiger partial charge in [-0.2, -0.15) is 0 Å². The summed E-state index contributed by atoms with van der Waals surface area (Å²) in [5.74, 6) is -1.08. The van der Waals surface area contributed by atoms with Crippen molar-refractivity contribution in [3.8, 4) is 0 Å². The maximum atomic E-state index is 12.8. The van der Waals surface area contributed by atoms with Crippen molar-refractivity contribution in [2.45, 2.75) is 245 Å². The van der Waals surface area contributed by atoms with E-state index in [1.165, 1.54) is 77.0 Å². The van der Waals surface area contributed by atoms with Crippen molar-refractivity contribution in [1.29, 1.82) is 0 Å². The van der Waals surface area contributed by atoms with Gasteiger partial charge >= 0.3 is 17.9 Å². The average Bonchev–Trinajstić information content (AvgIpc) is 3.35. The molecule has 0 aromatic heterocycles. The summed E-state index contributed by atoms with van der Waals surface area (Å²) in [7, 11) is 0. The molecule has 0 saturated heterocycles. The number of ether oxygens (including phenoxy) is 3. The number of carbonyl (C=O) groups excluding carboxylic acids is 3. The monoisotopic (exact) mass is 955 g/mol. The van der Waals surface area contributed by atoms with Gasteiger partial charge in [0, 0.05) is 12.8 Å². The molecule has 1 unspecified atom stereocenters. The second-order valence-electron chi connectivity index (χ2n) is 18.1. The molecule has 0 radical (unpaired) electrons. The summed E-state index contributed by atoms with van der Waals surface area (Å²) >= 11 is 0. The van der Waals surface area contributed by atoms with Gasteiger partial charge in [0.05, 0.1) is 6.42 Å². The van der Waals surface area contributed by atoms with Gasteiger partial charge in [-0.1, -0.05) is 232 Å². The lowest BCUT2D eigenvalue weighted by molar-refractivity contribution is -0.166. The first kappa shape index (κ1) is 64.8. The third-order valence-corrected chi connectivity index (χ3v) is 11.4. The molecule has 0 spiro atoms. The Morgan fingerprint density at radius 1 is 0.319 bits per heavy atom. The topological polar surface area (TPSA) is 78.9 Å². The van der Waals surface area contributed by atoms with Gasteiger partial charge in [-0.3, -0.25) is 14.4 Å². The molecule has 0 bridgehead atoms. The first-order valence-corrected chi connectivity index (χ1v) is 28.0. The van der Waals surface area contributed by atoms with Crippen LogP contribution in [0.25, 0.3) is 0 Å². The highest BCUT2D eigenvalue weighted by Gasteiger charge is 2.19. The molecule has 0 aliphatic carbocycles. The first-order valence-electron chi connectivity index (χ1n) is 28.0. The molecule has 0 fully saturated rings. The largest absolute Gasteiger partial charge is 0.462 e. The maximum Gasteiger partial charge on any atom is 0.310 e. The lowest BCUT2D eigenvalue weighted by Crippen LogP contribution is -2.30. The van der Waals surface area contributed by atoms with E-state index in [-0.39, 0.29) is 31.6 Å². The average molecular weight is 956 g/mol. The van der Waals surface area contributed by atoms with Crippen LogP contribution in [0.15, 0.2) is 122 Å². The van der Waals surface area contributed by atoms with Crippen molar-refractivity contribution in [2.24, 2.45) is 0 Å². The summed E-state index contributed by atoms with van der Waals surface area (Å²) in [5.41, 5.74) is 0. The van der Waals surface area contributed by atoms with Gasteiger partial charge in [-0.25, -0.2) is 0 Å². The van der Waals surface area contributed by atoms with Crippen LogP contribution in [0.3, 0.4) is 0 Å². The molecule has 1 atom stereocenters. The lowest BCUT2D eigenvalue weighted by Gasteiger charge is -2.18. The van der Waals surface area contributed by atoms with Crippen molar-refractivity contribution in [2.75, 3.05) is 13.2 Å². The van der Waals surface area contributed by atoms with E-state index in [2.05, 4.69) is 130 Å². The zero-order valence-corrected chi connectivity index (χ0v) is 44.5. The van der Waals surface area contributed by atoms with Crippen LogP contribution in [0, 0.1) is 0 Å². The van der Waals surface area contributed by atoms with Crippen LogP contribution in [0.4, 0.5) is 0 Å². The summed E-state index contributed by atoms with van der Waals surface area (Å²) in [6.07, 6.45) is 77.9. The minimum absolute atomic E-state index is 0.0877. The molecule has 69 heavy (non-hydrogen) atoms. The second kappa shape index (κ2) is 56.4. The Balaban J connectivity index is 4.46. The molecular weight excluding hydrogens is 853 g/mol. The highest BCUT2D eigenvalue weighted by atomic mass is 16.6. The van der Waals surface area contributed by atoms with Crippen LogP contribution in [0.5, 0.6) is 0 Å².